The normalized spacial score (nSPS) is 12.8. The molecule has 0 heterocycles. The highest BCUT2D eigenvalue weighted by Crippen LogP contribution is 2.21. The van der Waals surface area contributed by atoms with Crippen LogP contribution in [0.15, 0.2) is 23.1 Å². The van der Waals surface area contributed by atoms with Gasteiger partial charge in [-0.05, 0) is 31.5 Å². The largest absolute Gasteiger partial charge is 0.478 e. The summed E-state index contributed by atoms with van der Waals surface area (Å²) in [5, 5.41) is 20.9. The minimum atomic E-state index is -3.84. The predicted octanol–water partition coefficient (Wildman–Crippen LogP) is 0.492. The van der Waals surface area contributed by atoms with Gasteiger partial charge in [-0.1, -0.05) is 0 Å². The van der Waals surface area contributed by atoms with Crippen LogP contribution >= 0.6 is 0 Å². The van der Waals surface area contributed by atoms with Crippen LogP contribution < -0.4 is 10.0 Å². The number of rotatable bonds is 10. The molecule has 0 saturated carbocycles. The van der Waals surface area contributed by atoms with Gasteiger partial charge in [-0.2, -0.15) is 0 Å². The summed E-state index contributed by atoms with van der Waals surface area (Å²) < 4.78 is 31.8. The van der Waals surface area contributed by atoms with Crippen molar-refractivity contribution in [2.24, 2.45) is 0 Å². The lowest BCUT2D eigenvalue weighted by molar-refractivity contribution is 0.0697. The quantitative estimate of drug-likeness (QED) is 0.454. The molecule has 1 atom stereocenters. The highest BCUT2D eigenvalue weighted by atomic mass is 32.2. The van der Waals surface area contributed by atoms with Gasteiger partial charge in [0.2, 0.25) is 10.0 Å². The first-order chi connectivity index (χ1) is 10.8. The SMILES string of the molecule is COCC(C)NS(=O)(=O)c1ccc(NCCCO)c(C(=O)O)c1. The highest BCUT2D eigenvalue weighted by Gasteiger charge is 2.20. The Bertz CT molecular complexity index is 632. The van der Waals surface area contributed by atoms with Crippen molar-refractivity contribution >= 4 is 21.7 Å². The number of ether oxygens (including phenoxy) is 1. The summed E-state index contributed by atoms with van der Waals surface area (Å²) in [6.45, 7) is 2.20. The van der Waals surface area contributed by atoms with E-state index in [-0.39, 0.29) is 23.7 Å². The van der Waals surface area contributed by atoms with Crippen LogP contribution in [-0.4, -0.2) is 57.5 Å². The standard InChI is InChI=1S/C14H22N2O6S/c1-10(9-22-2)16-23(20,21)11-4-5-13(15-6-3-7-17)12(8-11)14(18)19/h4-5,8,10,15-17H,3,6-7,9H2,1-2H3,(H,18,19). The Morgan fingerprint density at radius 3 is 2.65 bits per heavy atom. The molecule has 1 aromatic rings. The van der Waals surface area contributed by atoms with Crippen molar-refractivity contribution in [3.05, 3.63) is 23.8 Å². The van der Waals surface area contributed by atoms with Crippen LogP contribution in [0.5, 0.6) is 0 Å². The van der Waals surface area contributed by atoms with Crippen molar-refractivity contribution in [1.82, 2.24) is 4.72 Å². The Morgan fingerprint density at radius 2 is 2.09 bits per heavy atom. The summed E-state index contributed by atoms with van der Waals surface area (Å²) in [5.74, 6) is -1.24. The second kappa shape index (κ2) is 8.82. The molecule has 0 saturated heterocycles. The topological polar surface area (TPSA) is 125 Å². The molecule has 0 aliphatic carbocycles. The van der Waals surface area contributed by atoms with Gasteiger partial charge in [0.05, 0.1) is 17.1 Å². The first kappa shape index (κ1) is 19.4. The number of hydrogen-bond acceptors (Lipinski definition) is 6. The van der Waals surface area contributed by atoms with Gasteiger partial charge >= 0.3 is 5.97 Å². The van der Waals surface area contributed by atoms with Gasteiger partial charge in [-0.3, -0.25) is 0 Å². The number of benzene rings is 1. The van der Waals surface area contributed by atoms with Crippen molar-refractivity contribution < 1.29 is 28.2 Å². The molecule has 0 bridgehead atoms. The lowest BCUT2D eigenvalue weighted by Crippen LogP contribution is -2.35. The fourth-order valence-corrected chi connectivity index (χ4v) is 3.19. The summed E-state index contributed by atoms with van der Waals surface area (Å²) in [4.78, 5) is 11.2. The van der Waals surface area contributed by atoms with Crippen molar-refractivity contribution in [1.29, 1.82) is 0 Å². The van der Waals surface area contributed by atoms with E-state index in [1.807, 2.05) is 0 Å². The zero-order valence-corrected chi connectivity index (χ0v) is 13.9. The minimum Gasteiger partial charge on any atom is -0.478 e. The van der Waals surface area contributed by atoms with E-state index in [1.165, 1.54) is 19.2 Å². The van der Waals surface area contributed by atoms with Crippen LogP contribution in [-0.2, 0) is 14.8 Å². The molecule has 1 rings (SSSR count). The molecule has 0 aliphatic heterocycles. The molecule has 0 aromatic heterocycles. The maximum Gasteiger partial charge on any atom is 0.337 e. The molecule has 0 fully saturated rings. The van der Waals surface area contributed by atoms with Crippen molar-refractivity contribution in [3.8, 4) is 0 Å². The predicted molar refractivity (Wildman–Crippen MR) is 85.3 cm³/mol. The van der Waals surface area contributed by atoms with E-state index >= 15 is 0 Å². The van der Waals surface area contributed by atoms with Gasteiger partial charge in [0.15, 0.2) is 0 Å². The zero-order chi connectivity index (χ0) is 17.5. The number of anilines is 1. The van der Waals surface area contributed by atoms with Crippen LogP contribution in [0, 0.1) is 0 Å². The molecule has 23 heavy (non-hydrogen) atoms. The number of nitrogens with one attached hydrogen (secondary N) is 2. The zero-order valence-electron chi connectivity index (χ0n) is 13.1. The fourth-order valence-electron chi connectivity index (χ4n) is 1.94. The van der Waals surface area contributed by atoms with Crippen molar-refractivity contribution in [3.63, 3.8) is 0 Å². The van der Waals surface area contributed by atoms with Gasteiger partial charge in [0.1, 0.15) is 0 Å². The van der Waals surface area contributed by atoms with Gasteiger partial charge in [0, 0.05) is 32.0 Å². The van der Waals surface area contributed by atoms with Crippen molar-refractivity contribution in [2.75, 3.05) is 32.2 Å². The lowest BCUT2D eigenvalue weighted by atomic mass is 10.2. The Balaban J connectivity index is 3.04. The third-order valence-electron chi connectivity index (χ3n) is 2.96. The molecule has 130 valence electrons. The Kier molecular flexibility index (Phi) is 7.43. The van der Waals surface area contributed by atoms with E-state index in [1.54, 1.807) is 6.92 Å². The average molecular weight is 346 g/mol. The second-order valence-corrected chi connectivity index (χ2v) is 6.71. The Morgan fingerprint density at radius 1 is 1.39 bits per heavy atom. The van der Waals surface area contributed by atoms with Gasteiger partial charge in [-0.25, -0.2) is 17.9 Å². The highest BCUT2D eigenvalue weighted by molar-refractivity contribution is 7.89. The average Bonchev–Trinajstić information content (AvgIpc) is 2.47. The number of methoxy groups -OCH3 is 1. The van der Waals surface area contributed by atoms with Gasteiger partial charge in [-0.15, -0.1) is 0 Å². The summed E-state index contributed by atoms with van der Waals surface area (Å²) in [6.07, 6.45) is 0.454. The molecule has 0 amide bonds. The van der Waals surface area contributed by atoms with E-state index in [9.17, 15) is 18.3 Å². The van der Waals surface area contributed by atoms with E-state index < -0.39 is 22.0 Å². The number of carbonyl (C=O) groups is 1. The summed E-state index contributed by atoms with van der Waals surface area (Å²) in [5.41, 5.74) is 0.153. The maximum atomic E-state index is 12.3. The monoisotopic (exact) mass is 346 g/mol. The smallest absolute Gasteiger partial charge is 0.337 e. The van der Waals surface area contributed by atoms with Gasteiger partial charge < -0.3 is 20.3 Å². The number of aromatic carboxylic acids is 1. The second-order valence-electron chi connectivity index (χ2n) is 4.99. The first-order valence-electron chi connectivity index (χ1n) is 7.05. The lowest BCUT2D eigenvalue weighted by Gasteiger charge is -2.15. The number of aliphatic hydroxyl groups is 1. The third-order valence-corrected chi connectivity index (χ3v) is 4.54. The van der Waals surface area contributed by atoms with E-state index in [0.29, 0.717) is 18.7 Å². The van der Waals surface area contributed by atoms with E-state index in [0.717, 1.165) is 6.07 Å². The van der Waals surface area contributed by atoms with Gasteiger partial charge in [0.25, 0.3) is 0 Å². The molecular formula is C14H22N2O6S. The van der Waals surface area contributed by atoms with Crippen LogP contribution in [0.2, 0.25) is 0 Å². The molecule has 1 unspecified atom stereocenters. The van der Waals surface area contributed by atoms with Crippen LogP contribution in [0.3, 0.4) is 0 Å². The molecule has 0 spiro atoms. The number of carboxylic acid groups (broad SMARTS) is 1. The van der Waals surface area contributed by atoms with Crippen molar-refractivity contribution in [2.45, 2.75) is 24.3 Å². The molecule has 8 nitrogen and oxygen atoms in total. The number of sulfonamides is 1. The van der Waals surface area contributed by atoms with Crippen LogP contribution in [0.25, 0.3) is 0 Å². The molecule has 4 N–H and O–H groups in total. The van der Waals surface area contributed by atoms with E-state index in [2.05, 4.69) is 10.0 Å². The summed E-state index contributed by atoms with van der Waals surface area (Å²) >= 11 is 0. The number of aliphatic hydroxyl groups excluding tert-OH is 1. The third kappa shape index (κ3) is 5.79. The molecule has 0 radical (unpaired) electrons. The van der Waals surface area contributed by atoms with E-state index in [4.69, 9.17) is 9.84 Å². The summed E-state index contributed by atoms with van der Waals surface area (Å²) in [7, 11) is -2.38. The van der Waals surface area contributed by atoms with Crippen LogP contribution in [0.1, 0.15) is 23.7 Å². The fraction of sp³-hybridized carbons (Fsp3) is 0.500. The summed E-state index contributed by atoms with van der Waals surface area (Å²) in [6, 6.07) is 3.39. The molecule has 9 heteroatoms. The molecular weight excluding hydrogens is 324 g/mol. The Hall–Kier alpha value is -1.68. The maximum absolute atomic E-state index is 12.3. The number of hydrogen-bond donors (Lipinski definition) is 4. The molecule has 1 aromatic carbocycles. The Labute approximate surface area is 135 Å². The minimum absolute atomic E-state index is 0.0246. The molecule has 0 aliphatic rings. The first-order valence-corrected chi connectivity index (χ1v) is 8.53. The van der Waals surface area contributed by atoms with Crippen LogP contribution in [0.4, 0.5) is 5.69 Å². The number of carboxylic acids is 1.